The molecule has 4 nitrogen and oxygen atoms in total. The van der Waals surface area contributed by atoms with Crippen LogP contribution in [0.15, 0.2) is 24.5 Å². The van der Waals surface area contributed by atoms with Crippen LogP contribution in [-0.4, -0.2) is 53.4 Å². The van der Waals surface area contributed by atoms with Gasteiger partial charge in [-0.05, 0) is 35.8 Å². The summed E-state index contributed by atoms with van der Waals surface area (Å²) < 4.78 is 0. The van der Waals surface area contributed by atoms with E-state index in [0.29, 0.717) is 24.2 Å². The van der Waals surface area contributed by atoms with Gasteiger partial charge in [0.2, 0.25) is 5.91 Å². The summed E-state index contributed by atoms with van der Waals surface area (Å²) in [5.74, 6) is 2.44. The molecule has 0 aliphatic carbocycles. The quantitative estimate of drug-likeness (QED) is 0.835. The van der Waals surface area contributed by atoms with E-state index < -0.39 is 0 Å². The number of likely N-dealkylation sites (tertiary alicyclic amines) is 2. The van der Waals surface area contributed by atoms with Crippen LogP contribution in [0.25, 0.3) is 0 Å². The third kappa shape index (κ3) is 3.67. The molecule has 120 valence electrons. The highest BCUT2D eigenvalue weighted by Crippen LogP contribution is 2.31. The highest BCUT2D eigenvalue weighted by molar-refractivity contribution is 5.76. The average Bonchev–Trinajstić information content (AvgIpc) is 3.03. The summed E-state index contributed by atoms with van der Waals surface area (Å²) in [4.78, 5) is 21.2. The lowest BCUT2D eigenvalue weighted by Crippen LogP contribution is -2.34. The van der Waals surface area contributed by atoms with E-state index in [1.165, 1.54) is 19.6 Å². The Hall–Kier alpha value is -1.42. The van der Waals surface area contributed by atoms with Crippen LogP contribution < -0.4 is 0 Å². The molecule has 1 amide bonds. The molecule has 2 aliphatic heterocycles. The Balaban J connectivity index is 1.45. The molecule has 3 heterocycles. The van der Waals surface area contributed by atoms with Crippen molar-refractivity contribution < 1.29 is 4.79 Å². The molecule has 0 bridgehead atoms. The number of aromatic nitrogens is 1. The molecule has 4 heteroatoms. The lowest BCUT2D eigenvalue weighted by Gasteiger charge is -2.22. The van der Waals surface area contributed by atoms with Crippen LogP contribution in [0.1, 0.15) is 25.8 Å². The first-order valence-corrected chi connectivity index (χ1v) is 8.51. The molecule has 3 rings (SSSR count). The molecular weight excluding hydrogens is 274 g/mol. The Bertz CT molecular complexity index is 488. The standard InChI is InChI=1S/C18H27N3O/c1-14(2)9-20-10-16-12-21(13-17(16)11-20)18(22)6-5-15-4-3-7-19-8-15/h3-4,7-8,14,16-17H,5-6,9-13H2,1-2H3/t16-,17-/m1/s1. The third-order valence-electron chi connectivity index (χ3n) is 4.89. The third-order valence-corrected chi connectivity index (χ3v) is 4.89. The summed E-state index contributed by atoms with van der Waals surface area (Å²) in [6.45, 7) is 10.0. The van der Waals surface area contributed by atoms with Crippen molar-refractivity contribution in [1.29, 1.82) is 0 Å². The van der Waals surface area contributed by atoms with E-state index in [2.05, 4.69) is 28.6 Å². The van der Waals surface area contributed by atoms with Gasteiger partial charge in [-0.1, -0.05) is 19.9 Å². The molecule has 2 aliphatic rings. The summed E-state index contributed by atoms with van der Waals surface area (Å²) in [7, 11) is 0. The van der Waals surface area contributed by atoms with E-state index >= 15 is 0 Å². The van der Waals surface area contributed by atoms with E-state index in [-0.39, 0.29) is 0 Å². The minimum Gasteiger partial charge on any atom is -0.342 e. The van der Waals surface area contributed by atoms with Crippen molar-refractivity contribution >= 4 is 5.91 Å². The Kier molecular flexibility index (Phi) is 4.77. The number of fused-ring (bicyclic) bond motifs is 1. The van der Waals surface area contributed by atoms with Crippen LogP contribution in [0.3, 0.4) is 0 Å². The molecule has 0 spiro atoms. The number of hydrogen-bond acceptors (Lipinski definition) is 3. The Morgan fingerprint density at radius 2 is 2.00 bits per heavy atom. The highest BCUT2D eigenvalue weighted by Gasteiger charge is 2.41. The lowest BCUT2D eigenvalue weighted by atomic mass is 10.0. The van der Waals surface area contributed by atoms with Gasteiger partial charge in [0, 0.05) is 51.5 Å². The minimum absolute atomic E-state index is 0.314. The molecule has 0 unspecified atom stereocenters. The number of amides is 1. The second-order valence-corrected chi connectivity index (χ2v) is 7.29. The van der Waals surface area contributed by atoms with Gasteiger partial charge in [0.05, 0.1) is 0 Å². The molecule has 2 atom stereocenters. The van der Waals surface area contributed by atoms with Gasteiger partial charge in [-0.15, -0.1) is 0 Å². The van der Waals surface area contributed by atoms with E-state index in [4.69, 9.17) is 0 Å². The van der Waals surface area contributed by atoms with E-state index in [0.717, 1.165) is 31.0 Å². The number of pyridine rings is 1. The van der Waals surface area contributed by atoms with Gasteiger partial charge in [0.1, 0.15) is 0 Å². The number of carbonyl (C=O) groups excluding carboxylic acids is 1. The monoisotopic (exact) mass is 301 g/mol. The van der Waals surface area contributed by atoms with Gasteiger partial charge in [0.15, 0.2) is 0 Å². The molecule has 0 aromatic carbocycles. The molecule has 0 N–H and O–H groups in total. The number of aryl methyl sites for hydroxylation is 1. The minimum atomic E-state index is 0.314. The SMILES string of the molecule is CC(C)CN1C[C@@H]2CN(C(=O)CCc3cccnc3)C[C@H]2C1. The molecule has 1 aromatic rings. The van der Waals surface area contributed by atoms with Crippen molar-refractivity contribution in [3.63, 3.8) is 0 Å². The first kappa shape index (κ1) is 15.5. The van der Waals surface area contributed by atoms with E-state index in [9.17, 15) is 4.79 Å². The Morgan fingerprint density at radius 3 is 2.59 bits per heavy atom. The fourth-order valence-electron chi connectivity index (χ4n) is 3.91. The van der Waals surface area contributed by atoms with Gasteiger partial charge in [-0.2, -0.15) is 0 Å². The number of nitrogens with zero attached hydrogens (tertiary/aromatic N) is 3. The summed E-state index contributed by atoms with van der Waals surface area (Å²) in [6.07, 6.45) is 5.05. The summed E-state index contributed by atoms with van der Waals surface area (Å²) >= 11 is 0. The highest BCUT2D eigenvalue weighted by atomic mass is 16.2. The van der Waals surface area contributed by atoms with Crippen molar-refractivity contribution in [3.05, 3.63) is 30.1 Å². The zero-order chi connectivity index (χ0) is 15.5. The fourth-order valence-corrected chi connectivity index (χ4v) is 3.91. The van der Waals surface area contributed by atoms with Gasteiger partial charge in [-0.25, -0.2) is 0 Å². The van der Waals surface area contributed by atoms with Gasteiger partial charge in [-0.3, -0.25) is 9.78 Å². The normalized spacial score (nSPS) is 25.0. The molecule has 0 radical (unpaired) electrons. The fraction of sp³-hybridized carbons (Fsp3) is 0.667. The molecule has 1 aromatic heterocycles. The predicted octanol–water partition coefficient (Wildman–Crippen LogP) is 2.06. The van der Waals surface area contributed by atoms with Crippen LogP contribution in [0, 0.1) is 17.8 Å². The van der Waals surface area contributed by atoms with Crippen molar-refractivity contribution in [2.24, 2.45) is 17.8 Å². The van der Waals surface area contributed by atoms with Crippen LogP contribution in [0.2, 0.25) is 0 Å². The zero-order valence-electron chi connectivity index (χ0n) is 13.7. The maximum absolute atomic E-state index is 12.4. The molecule has 2 saturated heterocycles. The topological polar surface area (TPSA) is 36.4 Å². The average molecular weight is 301 g/mol. The van der Waals surface area contributed by atoms with Gasteiger partial charge >= 0.3 is 0 Å². The first-order valence-electron chi connectivity index (χ1n) is 8.51. The van der Waals surface area contributed by atoms with Crippen molar-refractivity contribution in [3.8, 4) is 0 Å². The second-order valence-electron chi connectivity index (χ2n) is 7.29. The van der Waals surface area contributed by atoms with Crippen molar-refractivity contribution in [2.75, 3.05) is 32.7 Å². The summed E-state index contributed by atoms with van der Waals surface area (Å²) in [5, 5.41) is 0. The first-order chi connectivity index (χ1) is 10.6. The molecule has 22 heavy (non-hydrogen) atoms. The Morgan fingerprint density at radius 1 is 1.27 bits per heavy atom. The number of hydrogen-bond donors (Lipinski definition) is 0. The Labute approximate surface area is 133 Å². The molecular formula is C18H27N3O. The number of carbonyl (C=O) groups is 1. The second kappa shape index (κ2) is 6.78. The van der Waals surface area contributed by atoms with E-state index in [1.54, 1.807) is 6.20 Å². The summed E-state index contributed by atoms with van der Waals surface area (Å²) in [6, 6.07) is 3.98. The lowest BCUT2D eigenvalue weighted by molar-refractivity contribution is -0.130. The van der Waals surface area contributed by atoms with Gasteiger partial charge < -0.3 is 9.80 Å². The van der Waals surface area contributed by atoms with Crippen molar-refractivity contribution in [2.45, 2.75) is 26.7 Å². The van der Waals surface area contributed by atoms with Crippen LogP contribution in [0.4, 0.5) is 0 Å². The smallest absolute Gasteiger partial charge is 0.222 e. The van der Waals surface area contributed by atoms with Crippen LogP contribution in [-0.2, 0) is 11.2 Å². The molecule has 0 saturated carbocycles. The summed E-state index contributed by atoms with van der Waals surface area (Å²) in [5.41, 5.74) is 1.15. The van der Waals surface area contributed by atoms with Crippen LogP contribution in [0.5, 0.6) is 0 Å². The number of rotatable bonds is 5. The zero-order valence-corrected chi connectivity index (χ0v) is 13.7. The van der Waals surface area contributed by atoms with Crippen molar-refractivity contribution in [1.82, 2.24) is 14.8 Å². The largest absolute Gasteiger partial charge is 0.342 e. The maximum atomic E-state index is 12.4. The molecule has 2 fully saturated rings. The van der Waals surface area contributed by atoms with Gasteiger partial charge in [0.25, 0.3) is 0 Å². The maximum Gasteiger partial charge on any atom is 0.222 e. The van der Waals surface area contributed by atoms with Crippen LogP contribution >= 0.6 is 0 Å². The van der Waals surface area contributed by atoms with E-state index in [1.807, 2.05) is 18.3 Å². The predicted molar refractivity (Wildman–Crippen MR) is 87.4 cm³/mol.